The molecular weight excluding hydrogens is 354 g/mol. The van der Waals surface area contributed by atoms with Crippen LogP contribution in [-0.2, 0) is 0 Å². The molecule has 4 rings (SSSR count). The molecule has 0 radical (unpaired) electrons. The molecule has 0 bridgehead atoms. The number of thiazole rings is 1. The number of fused-ring (bicyclic) bond motifs is 1. The number of hydrogen-bond donors (Lipinski definition) is 1. The second kappa shape index (κ2) is 7.21. The van der Waals surface area contributed by atoms with E-state index in [-0.39, 0.29) is 5.56 Å². The van der Waals surface area contributed by atoms with Gasteiger partial charge in [0.25, 0.3) is 5.56 Å². The van der Waals surface area contributed by atoms with Gasteiger partial charge in [-0.3, -0.25) is 4.79 Å². The van der Waals surface area contributed by atoms with Gasteiger partial charge >= 0.3 is 0 Å². The molecule has 2 aromatic carbocycles. The molecule has 0 spiro atoms. The number of H-pyrrole nitrogens is 1. The van der Waals surface area contributed by atoms with Gasteiger partial charge in [-0.15, -0.1) is 11.3 Å². The number of anilines is 1. The van der Waals surface area contributed by atoms with Crippen molar-refractivity contribution >= 4 is 27.9 Å². The molecule has 0 fully saturated rings. The Hall–Kier alpha value is -3.18. The predicted octanol–water partition coefficient (Wildman–Crippen LogP) is 5.29. The summed E-state index contributed by atoms with van der Waals surface area (Å²) < 4.78 is 0. The van der Waals surface area contributed by atoms with E-state index in [9.17, 15) is 4.79 Å². The number of pyridine rings is 1. The molecule has 4 aromatic rings. The van der Waals surface area contributed by atoms with E-state index in [1.165, 1.54) is 0 Å². The normalized spacial score (nSPS) is 11.3. The molecule has 0 atom stereocenters. The molecule has 2 heterocycles. The number of allylic oxidation sites excluding steroid dienone is 1. The van der Waals surface area contributed by atoms with Crippen LogP contribution in [0.3, 0.4) is 0 Å². The Morgan fingerprint density at radius 1 is 1.11 bits per heavy atom. The molecule has 0 saturated heterocycles. The summed E-state index contributed by atoms with van der Waals surface area (Å²) >= 11 is 1.54. The number of hydrogen-bond acceptors (Lipinski definition) is 4. The Balaban J connectivity index is 1.73. The number of benzene rings is 2. The molecular formula is C22H19N3OS. The van der Waals surface area contributed by atoms with Crippen LogP contribution in [0.4, 0.5) is 5.69 Å². The van der Waals surface area contributed by atoms with E-state index in [0.717, 1.165) is 27.2 Å². The second-order valence-corrected chi connectivity index (χ2v) is 7.14. The summed E-state index contributed by atoms with van der Waals surface area (Å²) in [6.07, 6.45) is 4.02. The largest absolute Gasteiger partial charge is 0.351 e. The Morgan fingerprint density at radius 2 is 1.96 bits per heavy atom. The Kier molecular flexibility index (Phi) is 4.60. The highest BCUT2D eigenvalue weighted by molar-refractivity contribution is 7.13. The third-order valence-electron chi connectivity index (χ3n) is 4.41. The molecule has 134 valence electrons. The van der Waals surface area contributed by atoms with Gasteiger partial charge in [0, 0.05) is 29.2 Å². The first kappa shape index (κ1) is 17.2. The number of nitrogens with one attached hydrogen (secondary N) is 1. The van der Waals surface area contributed by atoms with E-state index < -0.39 is 0 Å². The fraction of sp³-hybridized carbons (Fsp3) is 0.0909. The predicted molar refractivity (Wildman–Crippen MR) is 114 cm³/mol. The molecule has 0 unspecified atom stereocenters. The van der Waals surface area contributed by atoms with E-state index in [1.807, 2.05) is 74.1 Å². The number of nitrogens with zero attached hydrogens (tertiary/aromatic N) is 2. The number of para-hydroxylation sites is 1. The van der Waals surface area contributed by atoms with Crippen LogP contribution in [0.2, 0.25) is 0 Å². The van der Waals surface area contributed by atoms with Crippen molar-refractivity contribution in [3.05, 3.63) is 82.6 Å². The van der Waals surface area contributed by atoms with E-state index in [0.29, 0.717) is 11.3 Å². The highest BCUT2D eigenvalue weighted by Crippen LogP contribution is 2.30. The highest BCUT2D eigenvalue weighted by Gasteiger charge is 2.11. The Bertz CT molecular complexity index is 1190. The summed E-state index contributed by atoms with van der Waals surface area (Å²) in [7, 11) is 2.01. The van der Waals surface area contributed by atoms with Gasteiger partial charge < -0.3 is 9.88 Å². The lowest BCUT2D eigenvalue weighted by molar-refractivity contribution is 1.20. The molecule has 27 heavy (non-hydrogen) atoms. The zero-order valence-corrected chi connectivity index (χ0v) is 16.0. The van der Waals surface area contributed by atoms with Gasteiger partial charge in [0.05, 0.1) is 11.3 Å². The van der Waals surface area contributed by atoms with Crippen LogP contribution < -0.4 is 10.5 Å². The number of aromatic amines is 1. The first-order valence-electron chi connectivity index (χ1n) is 8.70. The minimum atomic E-state index is -0.118. The maximum Gasteiger partial charge on any atom is 0.257 e. The molecule has 0 aliphatic rings. The van der Waals surface area contributed by atoms with Gasteiger partial charge in [-0.25, -0.2) is 4.98 Å². The van der Waals surface area contributed by atoms with Crippen molar-refractivity contribution in [2.24, 2.45) is 0 Å². The zero-order valence-electron chi connectivity index (χ0n) is 15.1. The van der Waals surface area contributed by atoms with Gasteiger partial charge in [-0.1, -0.05) is 36.4 Å². The van der Waals surface area contributed by atoms with Crippen LogP contribution in [0.25, 0.3) is 32.7 Å². The van der Waals surface area contributed by atoms with E-state index in [4.69, 9.17) is 4.98 Å². The second-order valence-electron chi connectivity index (χ2n) is 6.28. The van der Waals surface area contributed by atoms with Crippen molar-refractivity contribution in [2.75, 3.05) is 11.9 Å². The molecule has 4 nitrogen and oxygen atoms in total. The van der Waals surface area contributed by atoms with Crippen LogP contribution in [0.15, 0.2) is 77.0 Å². The maximum absolute atomic E-state index is 12.5. The SMILES string of the molecule is C/C=C\N(C)c1cccc(-c2nc(-c3cc4ccccc4[nH]c3=O)cs2)c1. The van der Waals surface area contributed by atoms with Crippen LogP contribution in [0.1, 0.15) is 6.92 Å². The standard InChI is InChI=1S/C22H19N3OS/c1-3-11-25(2)17-9-6-8-16(12-17)22-24-20(14-27-22)18-13-15-7-4-5-10-19(15)23-21(18)26/h3-14H,1-2H3,(H,23,26)/b11-3-. The van der Waals surface area contributed by atoms with Crippen LogP contribution in [0, 0.1) is 0 Å². The fourth-order valence-corrected chi connectivity index (χ4v) is 3.85. The van der Waals surface area contributed by atoms with Crippen molar-refractivity contribution in [1.82, 2.24) is 9.97 Å². The fourth-order valence-electron chi connectivity index (χ4n) is 3.04. The quantitative estimate of drug-likeness (QED) is 0.529. The van der Waals surface area contributed by atoms with Crippen LogP contribution in [-0.4, -0.2) is 17.0 Å². The molecule has 5 heteroatoms. The molecule has 2 aromatic heterocycles. The number of aromatic nitrogens is 2. The minimum absolute atomic E-state index is 0.118. The van der Waals surface area contributed by atoms with Crippen molar-refractivity contribution in [3.63, 3.8) is 0 Å². The van der Waals surface area contributed by atoms with Gasteiger partial charge in [-0.05, 0) is 42.8 Å². The summed E-state index contributed by atoms with van der Waals surface area (Å²) in [5, 5.41) is 3.83. The maximum atomic E-state index is 12.5. The average Bonchev–Trinajstić information content (AvgIpc) is 3.18. The lowest BCUT2D eigenvalue weighted by atomic mass is 10.1. The first-order chi connectivity index (χ1) is 13.2. The molecule has 0 amide bonds. The molecule has 1 N–H and O–H groups in total. The third kappa shape index (κ3) is 3.41. The summed E-state index contributed by atoms with van der Waals surface area (Å²) in [6.45, 7) is 1.99. The summed E-state index contributed by atoms with van der Waals surface area (Å²) in [6, 6.07) is 17.9. The molecule has 0 aliphatic heterocycles. The van der Waals surface area contributed by atoms with Crippen molar-refractivity contribution < 1.29 is 0 Å². The molecule has 0 saturated carbocycles. The third-order valence-corrected chi connectivity index (χ3v) is 5.30. The average molecular weight is 373 g/mol. The number of rotatable bonds is 4. The highest BCUT2D eigenvalue weighted by atomic mass is 32.1. The van der Waals surface area contributed by atoms with Crippen molar-refractivity contribution in [3.8, 4) is 21.8 Å². The van der Waals surface area contributed by atoms with E-state index >= 15 is 0 Å². The lowest BCUT2D eigenvalue weighted by Gasteiger charge is -2.14. The van der Waals surface area contributed by atoms with Crippen molar-refractivity contribution in [2.45, 2.75) is 6.92 Å². The Labute approximate surface area is 161 Å². The van der Waals surface area contributed by atoms with Gasteiger partial charge in [0.15, 0.2) is 0 Å². The Morgan fingerprint density at radius 3 is 2.81 bits per heavy atom. The summed E-state index contributed by atoms with van der Waals surface area (Å²) in [5.74, 6) is 0. The van der Waals surface area contributed by atoms with E-state index in [1.54, 1.807) is 11.3 Å². The van der Waals surface area contributed by atoms with Crippen molar-refractivity contribution in [1.29, 1.82) is 0 Å². The lowest BCUT2D eigenvalue weighted by Crippen LogP contribution is -2.08. The monoisotopic (exact) mass is 373 g/mol. The van der Waals surface area contributed by atoms with Gasteiger partial charge in [-0.2, -0.15) is 0 Å². The van der Waals surface area contributed by atoms with Crippen LogP contribution >= 0.6 is 11.3 Å². The first-order valence-corrected chi connectivity index (χ1v) is 9.58. The molecule has 0 aliphatic carbocycles. The van der Waals surface area contributed by atoms with Gasteiger partial charge in [0.2, 0.25) is 0 Å². The summed E-state index contributed by atoms with van der Waals surface area (Å²) in [5.41, 5.74) is 4.14. The zero-order chi connectivity index (χ0) is 18.8. The smallest absolute Gasteiger partial charge is 0.257 e. The minimum Gasteiger partial charge on any atom is -0.351 e. The topological polar surface area (TPSA) is 49.0 Å². The van der Waals surface area contributed by atoms with Gasteiger partial charge in [0.1, 0.15) is 5.01 Å². The summed E-state index contributed by atoms with van der Waals surface area (Å²) in [4.78, 5) is 22.2. The van der Waals surface area contributed by atoms with E-state index in [2.05, 4.69) is 22.0 Å². The van der Waals surface area contributed by atoms with Crippen LogP contribution in [0.5, 0.6) is 0 Å².